The van der Waals surface area contributed by atoms with Crippen LogP contribution in [0.1, 0.15) is 54.0 Å². The summed E-state index contributed by atoms with van der Waals surface area (Å²) in [6, 6.07) is 21.6. The molecule has 3 aromatic rings. The fraction of sp³-hybridized carbons (Fsp3) is 0.414. The number of carbonyl (C=O) groups excluding carboxylic acids is 1. The van der Waals surface area contributed by atoms with E-state index in [1.165, 1.54) is 0 Å². The van der Waals surface area contributed by atoms with Crippen molar-refractivity contribution >= 4 is 41.9 Å². The molecule has 0 amide bonds. The first-order chi connectivity index (χ1) is 17.3. The second kappa shape index (κ2) is 8.98. The molecule has 0 aliphatic carbocycles. The smallest absolute Gasteiger partial charge is 0.459 e. The van der Waals surface area contributed by atoms with E-state index in [0.717, 1.165) is 27.3 Å². The fourth-order valence-corrected chi connectivity index (χ4v) is 4.78. The van der Waals surface area contributed by atoms with Gasteiger partial charge >= 0.3 is 20.2 Å². The van der Waals surface area contributed by atoms with E-state index in [2.05, 4.69) is 0 Å². The maximum atomic E-state index is 13.3. The molecule has 2 heterocycles. The van der Waals surface area contributed by atoms with E-state index >= 15 is 0 Å². The molecule has 1 unspecified atom stereocenters. The lowest BCUT2D eigenvalue weighted by Gasteiger charge is -2.33. The van der Waals surface area contributed by atoms with Gasteiger partial charge in [0.05, 0.1) is 16.8 Å². The van der Waals surface area contributed by atoms with Crippen LogP contribution in [0.5, 0.6) is 0 Å². The zero-order valence-electron chi connectivity index (χ0n) is 22.7. The zero-order chi connectivity index (χ0) is 26.6. The minimum atomic E-state index is -1.29. The summed E-state index contributed by atoms with van der Waals surface area (Å²) in [4.78, 5) is 13.3. The average Bonchev–Trinajstić information content (AvgIpc) is 3.23. The van der Waals surface area contributed by atoms with Crippen molar-refractivity contribution < 1.29 is 28.1 Å². The van der Waals surface area contributed by atoms with Gasteiger partial charge in [-0.2, -0.15) is 0 Å². The van der Waals surface area contributed by atoms with E-state index in [1.807, 2.05) is 108 Å². The first kappa shape index (κ1) is 26.0. The van der Waals surface area contributed by atoms with Gasteiger partial charge in [-0.05, 0) is 75.7 Å². The molecule has 2 saturated heterocycles. The molecule has 2 aliphatic heterocycles. The van der Waals surface area contributed by atoms with Crippen molar-refractivity contribution in [1.82, 2.24) is 0 Å². The number of esters is 1. The molecule has 192 valence electrons. The van der Waals surface area contributed by atoms with Gasteiger partial charge < -0.3 is 23.4 Å². The van der Waals surface area contributed by atoms with Crippen LogP contribution in [-0.4, -0.2) is 42.6 Å². The monoisotopic (exact) mass is 500 g/mol. The van der Waals surface area contributed by atoms with Gasteiger partial charge in [-0.15, -0.1) is 0 Å². The van der Waals surface area contributed by atoms with Crippen LogP contribution < -0.4 is 10.9 Å². The van der Waals surface area contributed by atoms with Crippen molar-refractivity contribution in [2.75, 3.05) is 0 Å². The Kier molecular flexibility index (Phi) is 6.31. The molecular weight excluding hydrogens is 466 g/mol. The lowest BCUT2D eigenvalue weighted by Crippen LogP contribution is -2.52. The van der Waals surface area contributed by atoms with Gasteiger partial charge in [0.1, 0.15) is 6.61 Å². The predicted molar refractivity (Wildman–Crippen MR) is 146 cm³/mol. The second-order valence-corrected chi connectivity index (χ2v) is 11.6. The van der Waals surface area contributed by atoms with Crippen molar-refractivity contribution in [2.45, 2.75) is 77.5 Å². The molecule has 0 aromatic heterocycles. The van der Waals surface area contributed by atoms with Crippen molar-refractivity contribution in [2.24, 2.45) is 0 Å². The third-order valence-corrected chi connectivity index (χ3v) is 8.25. The summed E-state index contributed by atoms with van der Waals surface area (Å²) in [5.74, 6) is -0.456. The summed E-state index contributed by atoms with van der Waals surface area (Å²) in [5, 5.41) is 1.95. The second-order valence-electron chi connectivity index (χ2n) is 11.6. The molecule has 1 atom stereocenters. The number of hydrogen-bond acceptors (Lipinski definition) is 6. The number of rotatable bonds is 5. The van der Waals surface area contributed by atoms with E-state index in [9.17, 15) is 4.79 Å². The van der Waals surface area contributed by atoms with Crippen molar-refractivity contribution in [3.63, 3.8) is 0 Å². The molecule has 0 N–H and O–H groups in total. The van der Waals surface area contributed by atoms with Gasteiger partial charge in [0.25, 0.3) is 0 Å². The van der Waals surface area contributed by atoms with Crippen LogP contribution in [0.25, 0.3) is 10.8 Å². The maximum Gasteiger partial charge on any atom is 0.495 e. The zero-order valence-corrected chi connectivity index (χ0v) is 22.7. The molecule has 37 heavy (non-hydrogen) atoms. The molecule has 0 bridgehead atoms. The maximum absolute atomic E-state index is 13.3. The van der Waals surface area contributed by atoms with Crippen LogP contribution in [-0.2, 0) is 34.8 Å². The average molecular weight is 500 g/mol. The standard InChI is InChI=1S/C29H34B2O6/c1-26(2)27(3,4)35-30(34-26)23-17-11-16-22-21(23)15-12-18-24(22)31-36-28(5,6)29(7,37-31)25(32)33-19-20-13-9-8-10-14-20/h8-18H,19H2,1-7H3. The number of carbonyl (C=O) groups is 1. The molecular formula is C29H34B2O6. The Balaban J connectivity index is 1.44. The van der Waals surface area contributed by atoms with Gasteiger partial charge in [0, 0.05) is 0 Å². The number of benzene rings is 3. The summed E-state index contributed by atoms with van der Waals surface area (Å²) in [6.45, 7) is 13.8. The van der Waals surface area contributed by atoms with Gasteiger partial charge in [-0.3, -0.25) is 0 Å². The lowest BCUT2D eigenvalue weighted by atomic mass is 9.71. The number of hydrogen-bond donors (Lipinski definition) is 0. The normalized spacial score (nSPS) is 24.0. The van der Waals surface area contributed by atoms with Gasteiger partial charge in [0.15, 0.2) is 5.60 Å². The van der Waals surface area contributed by atoms with E-state index < -0.39 is 42.6 Å². The summed E-state index contributed by atoms with van der Waals surface area (Å²) >= 11 is 0. The van der Waals surface area contributed by atoms with Gasteiger partial charge in [-0.25, -0.2) is 4.79 Å². The Morgan fingerprint density at radius 1 is 0.649 bits per heavy atom. The molecule has 3 aromatic carbocycles. The number of fused-ring (bicyclic) bond motifs is 1. The Hall–Kier alpha value is -2.64. The topological polar surface area (TPSA) is 63.2 Å². The highest BCUT2D eigenvalue weighted by Crippen LogP contribution is 2.39. The first-order valence-corrected chi connectivity index (χ1v) is 12.8. The lowest BCUT2D eigenvalue weighted by molar-refractivity contribution is -0.169. The summed E-state index contributed by atoms with van der Waals surface area (Å²) < 4.78 is 31.1. The Bertz CT molecular complexity index is 1310. The molecule has 6 nitrogen and oxygen atoms in total. The van der Waals surface area contributed by atoms with Crippen LogP contribution in [0.15, 0.2) is 66.7 Å². The number of ether oxygens (including phenoxy) is 1. The largest absolute Gasteiger partial charge is 0.495 e. The summed E-state index contributed by atoms with van der Waals surface area (Å²) in [7, 11) is -1.24. The Labute approximate surface area is 219 Å². The highest BCUT2D eigenvalue weighted by atomic mass is 16.7. The van der Waals surface area contributed by atoms with Gasteiger partial charge in [0.2, 0.25) is 0 Å². The molecule has 8 heteroatoms. The highest BCUT2D eigenvalue weighted by molar-refractivity contribution is 6.68. The molecule has 0 spiro atoms. The van der Waals surface area contributed by atoms with E-state index in [1.54, 1.807) is 6.92 Å². The molecule has 0 radical (unpaired) electrons. The van der Waals surface area contributed by atoms with Crippen LogP contribution in [0.3, 0.4) is 0 Å². The minimum absolute atomic E-state index is 0.172. The van der Waals surface area contributed by atoms with Crippen LogP contribution >= 0.6 is 0 Å². The van der Waals surface area contributed by atoms with Crippen LogP contribution in [0.2, 0.25) is 0 Å². The Morgan fingerprint density at radius 3 is 1.68 bits per heavy atom. The SMILES string of the molecule is CC1(C)OB(c2cccc3c(B4OC(C)(C)C(C)(C(=O)OCc5ccccc5)O4)cccc23)OC1(C)C. The molecule has 2 aliphatic rings. The molecule has 0 saturated carbocycles. The predicted octanol–water partition coefficient (Wildman–Crippen LogP) is 4.16. The first-order valence-electron chi connectivity index (χ1n) is 12.8. The quantitative estimate of drug-likeness (QED) is 0.388. The Morgan fingerprint density at radius 2 is 1.14 bits per heavy atom. The minimum Gasteiger partial charge on any atom is -0.459 e. The van der Waals surface area contributed by atoms with E-state index in [0.29, 0.717) is 0 Å². The molecule has 2 fully saturated rings. The van der Waals surface area contributed by atoms with Crippen LogP contribution in [0.4, 0.5) is 0 Å². The van der Waals surface area contributed by atoms with E-state index in [4.69, 9.17) is 23.4 Å². The fourth-order valence-electron chi connectivity index (χ4n) is 4.78. The van der Waals surface area contributed by atoms with E-state index in [-0.39, 0.29) is 6.61 Å². The van der Waals surface area contributed by atoms with Gasteiger partial charge in [-0.1, -0.05) is 66.7 Å². The summed E-state index contributed by atoms with van der Waals surface area (Å²) in [6.07, 6.45) is 0. The van der Waals surface area contributed by atoms with Crippen molar-refractivity contribution in [1.29, 1.82) is 0 Å². The molecule has 5 rings (SSSR count). The highest BCUT2D eigenvalue weighted by Gasteiger charge is 2.60. The van der Waals surface area contributed by atoms with Crippen molar-refractivity contribution in [3.05, 3.63) is 72.3 Å². The van der Waals surface area contributed by atoms with Crippen LogP contribution in [0, 0.1) is 0 Å². The third kappa shape index (κ3) is 4.40. The summed E-state index contributed by atoms with van der Waals surface area (Å²) in [5.41, 5.74) is -0.405. The van der Waals surface area contributed by atoms with Crippen molar-refractivity contribution in [3.8, 4) is 0 Å². The third-order valence-electron chi connectivity index (χ3n) is 8.25.